The largest absolute Gasteiger partial charge is 0.333 e. The summed E-state index contributed by atoms with van der Waals surface area (Å²) in [5, 5.41) is 5.74. The molecule has 1 unspecified atom stereocenters. The summed E-state index contributed by atoms with van der Waals surface area (Å²) in [6.45, 7) is 1.58. The van der Waals surface area contributed by atoms with Crippen molar-refractivity contribution in [2.75, 3.05) is 5.32 Å². The molecule has 0 fully saturated rings. The molecule has 29 heavy (non-hydrogen) atoms. The second-order valence-electron chi connectivity index (χ2n) is 7.65. The Morgan fingerprint density at radius 2 is 1.69 bits per heavy atom. The van der Waals surface area contributed by atoms with Crippen molar-refractivity contribution < 1.29 is 13.2 Å². The molecule has 0 radical (unpaired) electrons. The number of carbonyl (C=O) groups is 1. The van der Waals surface area contributed by atoms with Crippen LogP contribution in [0.2, 0.25) is 0 Å². The van der Waals surface area contributed by atoms with Crippen LogP contribution in [-0.2, 0) is 35.7 Å². The van der Waals surface area contributed by atoms with Gasteiger partial charge >= 0.3 is 6.03 Å². The number of hydrogen-bond acceptors (Lipinski definition) is 5. The van der Waals surface area contributed by atoms with Crippen LogP contribution < -0.4 is 10.0 Å². The highest BCUT2D eigenvalue weighted by molar-refractivity contribution is 7.90. The Balaban J connectivity index is 1.58. The van der Waals surface area contributed by atoms with Crippen molar-refractivity contribution in [3.05, 3.63) is 63.1 Å². The van der Waals surface area contributed by atoms with Gasteiger partial charge < -0.3 is 5.32 Å². The van der Waals surface area contributed by atoms with Crippen molar-refractivity contribution in [2.45, 2.75) is 56.4 Å². The van der Waals surface area contributed by atoms with Crippen LogP contribution in [0.1, 0.15) is 53.6 Å². The summed E-state index contributed by atoms with van der Waals surface area (Å²) >= 11 is 0. The number of nitrogens with one attached hydrogen (secondary N) is 2. The topological polar surface area (TPSA) is 105 Å². The lowest BCUT2D eigenvalue weighted by atomic mass is 9.99. The molecule has 2 aliphatic carbocycles. The van der Waals surface area contributed by atoms with Gasteiger partial charge in [0, 0.05) is 5.69 Å². The molecule has 2 N–H and O–H groups in total. The Kier molecular flexibility index (Phi) is 5.12. The summed E-state index contributed by atoms with van der Waals surface area (Å²) in [4.78, 5) is 23.3. The van der Waals surface area contributed by atoms with Crippen LogP contribution in [-0.4, -0.2) is 14.4 Å². The van der Waals surface area contributed by atoms with Gasteiger partial charge in [0.15, 0.2) is 0 Å². The van der Waals surface area contributed by atoms with Gasteiger partial charge in [-0.2, -0.15) is 4.91 Å². The number of sulfonamides is 1. The van der Waals surface area contributed by atoms with Crippen molar-refractivity contribution >= 4 is 21.7 Å². The highest BCUT2D eigenvalue weighted by Gasteiger charge is 2.26. The Bertz CT molecular complexity index is 1060. The van der Waals surface area contributed by atoms with E-state index < -0.39 is 22.1 Å². The number of carbonyl (C=O) groups excluding carboxylic acids is 1. The van der Waals surface area contributed by atoms with Gasteiger partial charge in [0.2, 0.25) is 0 Å². The fraction of sp³-hybridized carbons (Fsp3) is 0.381. The standard InChI is InChI=1S/C21H23N3O4S/c1-13(23-26)14-5-2-8-17(12-14)29(27,28)24-21(25)22-20-18-9-3-6-15(18)11-16-7-4-10-19(16)20/h2,5,8,11-13H,3-4,6-7,9-10H2,1H3,(H2,22,24,25). The molecular formula is C21H23N3O4S. The first kappa shape index (κ1) is 19.6. The molecule has 0 heterocycles. The number of nitrogens with zero attached hydrogens (tertiary/aromatic N) is 1. The number of nitroso groups, excluding NO2 is 1. The molecule has 0 aliphatic heterocycles. The van der Waals surface area contributed by atoms with E-state index in [-0.39, 0.29) is 4.90 Å². The van der Waals surface area contributed by atoms with Gasteiger partial charge in [-0.25, -0.2) is 17.9 Å². The summed E-state index contributed by atoms with van der Waals surface area (Å²) in [6, 6.07) is 6.70. The first-order valence-electron chi connectivity index (χ1n) is 9.82. The van der Waals surface area contributed by atoms with E-state index >= 15 is 0 Å². The van der Waals surface area contributed by atoms with E-state index in [0.29, 0.717) is 5.56 Å². The first-order valence-corrected chi connectivity index (χ1v) is 11.3. The Labute approximate surface area is 169 Å². The quantitative estimate of drug-likeness (QED) is 0.723. The van der Waals surface area contributed by atoms with Gasteiger partial charge in [-0.15, -0.1) is 0 Å². The minimum Gasteiger partial charge on any atom is -0.307 e. The molecule has 7 nitrogen and oxygen atoms in total. The number of hydrogen-bond donors (Lipinski definition) is 2. The molecule has 0 aromatic heterocycles. The molecule has 2 aromatic rings. The average Bonchev–Trinajstić information content (AvgIpc) is 3.36. The number of rotatable bonds is 5. The summed E-state index contributed by atoms with van der Waals surface area (Å²) in [5.41, 5.74) is 6.03. The fourth-order valence-electron chi connectivity index (χ4n) is 4.29. The predicted molar refractivity (Wildman–Crippen MR) is 110 cm³/mol. The monoisotopic (exact) mass is 413 g/mol. The second-order valence-corrected chi connectivity index (χ2v) is 9.33. The lowest BCUT2D eigenvalue weighted by Crippen LogP contribution is -2.35. The van der Waals surface area contributed by atoms with Crippen LogP contribution in [0.3, 0.4) is 0 Å². The van der Waals surface area contributed by atoms with Gasteiger partial charge in [-0.05, 0) is 85.4 Å². The molecule has 0 bridgehead atoms. The van der Waals surface area contributed by atoms with Crippen LogP contribution in [0.15, 0.2) is 40.4 Å². The number of aryl methyl sites for hydroxylation is 2. The van der Waals surface area contributed by atoms with Crippen molar-refractivity contribution in [3.8, 4) is 0 Å². The second kappa shape index (κ2) is 7.59. The van der Waals surface area contributed by atoms with Gasteiger partial charge in [-0.3, -0.25) is 0 Å². The zero-order valence-electron chi connectivity index (χ0n) is 16.2. The number of anilines is 1. The molecule has 2 amide bonds. The SMILES string of the molecule is CC(N=O)c1cccc(S(=O)(=O)NC(=O)Nc2c3c(cc4c2CCC4)CCC3)c1. The third kappa shape index (κ3) is 3.76. The lowest BCUT2D eigenvalue weighted by molar-refractivity contribution is 0.256. The van der Waals surface area contributed by atoms with Crippen molar-refractivity contribution in [1.29, 1.82) is 0 Å². The molecule has 152 valence electrons. The summed E-state index contributed by atoms with van der Waals surface area (Å²) < 4.78 is 27.5. The normalized spacial score (nSPS) is 16.0. The Hall–Kier alpha value is -2.74. The summed E-state index contributed by atoms with van der Waals surface area (Å²) in [5.74, 6) is 0. The number of benzene rings is 2. The van der Waals surface area contributed by atoms with Gasteiger partial charge in [-0.1, -0.05) is 23.4 Å². The molecule has 1 atom stereocenters. The van der Waals surface area contributed by atoms with E-state index in [9.17, 15) is 18.1 Å². The maximum Gasteiger partial charge on any atom is 0.333 e. The Morgan fingerprint density at radius 1 is 1.03 bits per heavy atom. The van der Waals surface area contributed by atoms with Crippen molar-refractivity contribution in [1.82, 2.24) is 4.72 Å². The molecule has 2 aromatic carbocycles. The molecular weight excluding hydrogens is 390 g/mol. The van der Waals surface area contributed by atoms with Crippen LogP contribution in [0.25, 0.3) is 0 Å². The summed E-state index contributed by atoms with van der Waals surface area (Å²) in [6.07, 6.45) is 5.86. The maximum atomic E-state index is 12.7. The third-order valence-electron chi connectivity index (χ3n) is 5.75. The molecule has 0 spiro atoms. The van der Waals surface area contributed by atoms with Gasteiger partial charge in [0.25, 0.3) is 10.0 Å². The van der Waals surface area contributed by atoms with E-state index in [1.807, 2.05) is 0 Å². The highest BCUT2D eigenvalue weighted by Crippen LogP contribution is 2.38. The van der Waals surface area contributed by atoms with E-state index in [1.54, 1.807) is 13.0 Å². The fourth-order valence-corrected chi connectivity index (χ4v) is 5.25. The van der Waals surface area contributed by atoms with Gasteiger partial charge in [0.1, 0.15) is 6.04 Å². The minimum absolute atomic E-state index is 0.0795. The minimum atomic E-state index is -4.08. The van der Waals surface area contributed by atoms with Crippen molar-refractivity contribution in [3.63, 3.8) is 0 Å². The van der Waals surface area contributed by atoms with E-state index in [1.165, 1.54) is 29.3 Å². The van der Waals surface area contributed by atoms with E-state index in [2.05, 4.69) is 21.3 Å². The van der Waals surface area contributed by atoms with E-state index in [0.717, 1.165) is 55.3 Å². The molecule has 4 rings (SSSR count). The predicted octanol–water partition coefficient (Wildman–Crippen LogP) is 4.00. The van der Waals surface area contributed by atoms with Crippen LogP contribution >= 0.6 is 0 Å². The molecule has 0 saturated carbocycles. The van der Waals surface area contributed by atoms with Crippen molar-refractivity contribution in [2.24, 2.45) is 5.18 Å². The first-order chi connectivity index (χ1) is 13.9. The lowest BCUT2D eigenvalue weighted by Gasteiger charge is -2.17. The number of fused-ring (bicyclic) bond motifs is 2. The van der Waals surface area contributed by atoms with Crippen LogP contribution in [0, 0.1) is 4.91 Å². The van der Waals surface area contributed by atoms with Crippen LogP contribution in [0.4, 0.5) is 10.5 Å². The molecule has 0 saturated heterocycles. The molecule has 8 heteroatoms. The molecule has 2 aliphatic rings. The number of urea groups is 1. The zero-order valence-corrected chi connectivity index (χ0v) is 17.0. The maximum absolute atomic E-state index is 12.7. The highest BCUT2D eigenvalue weighted by atomic mass is 32.2. The Morgan fingerprint density at radius 3 is 2.31 bits per heavy atom. The smallest absolute Gasteiger partial charge is 0.307 e. The van der Waals surface area contributed by atoms with Gasteiger partial charge in [0.05, 0.1) is 4.90 Å². The summed E-state index contributed by atoms with van der Waals surface area (Å²) in [7, 11) is -4.08. The third-order valence-corrected chi connectivity index (χ3v) is 7.08. The van der Waals surface area contributed by atoms with E-state index in [4.69, 9.17) is 0 Å². The van der Waals surface area contributed by atoms with Crippen LogP contribution in [0.5, 0.6) is 0 Å². The zero-order chi connectivity index (χ0) is 20.6. The number of amides is 2. The average molecular weight is 413 g/mol.